The first-order valence-corrected chi connectivity index (χ1v) is 10.8. The number of likely N-dealkylation sites (tertiary alicyclic amines) is 1. The van der Waals surface area contributed by atoms with Gasteiger partial charge < -0.3 is 14.7 Å². The van der Waals surface area contributed by atoms with E-state index >= 15 is 0 Å². The predicted octanol–water partition coefficient (Wildman–Crippen LogP) is 3.75. The molecule has 0 bridgehead atoms. The maximum absolute atomic E-state index is 13.0. The Bertz CT molecular complexity index is 1020. The third-order valence-electron chi connectivity index (χ3n) is 5.61. The molecule has 6 nitrogen and oxygen atoms in total. The molecule has 0 saturated carbocycles. The predicted molar refractivity (Wildman–Crippen MR) is 119 cm³/mol. The Kier molecular flexibility index (Phi) is 6.62. The summed E-state index contributed by atoms with van der Waals surface area (Å²) in [7, 11) is 0. The molecule has 0 radical (unpaired) electrons. The van der Waals surface area contributed by atoms with Gasteiger partial charge in [0.25, 0.3) is 11.7 Å². The molecule has 8 heteroatoms. The van der Waals surface area contributed by atoms with Crippen molar-refractivity contribution < 1.29 is 19.4 Å². The van der Waals surface area contributed by atoms with E-state index in [0.29, 0.717) is 47.5 Å². The van der Waals surface area contributed by atoms with Crippen molar-refractivity contribution in [1.82, 2.24) is 9.80 Å². The molecule has 162 valence electrons. The summed E-state index contributed by atoms with van der Waals surface area (Å²) in [5, 5.41) is 11.7. The number of halogens is 2. The smallest absolute Gasteiger partial charge is 0.295 e. The number of ketones is 1. The van der Waals surface area contributed by atoms with Crippen LogP contribution in [0.4, 0.5) is 0 Å². The molecule has 1 N–H and O–H groups in total. The average molecular weight is 461 g/mol. The number of hydrogen-bond acceptors (Lipinski definition) is 5. The number of morpholine rings is 1. The van der Waals surface area contributed by atoms with Gasteiger partial charge in [-0.05, 0) is 17.7 Å². The number of aliphatic hydroxyl groups excluding tert-OH is 1. The van der Waals surface area contributed by atoms with Crippen LogP contribution in [-0.4, -0.2) is 66.0 Å². The molecule has 1 amide bonds. The van der Waals surface area contributed by atoms with Crippen molar-refractivity contribution >= 4 is 40.7 Å². The lowest BCUT2D eigenvalue weighted by Crippen LogP contribution is -2.42. The van der Waals surface area contributed by atoms with Gasteiger partial charge in [-0.25, -0.2) is 0 Å². The van der Waals surface area contributed by atoms with Gasteiger partial charge >= 0.3 is 0 Å². The second-order valence-corrected chi connectivity index (χ2v) is 8.30. The summed E-state index contributed by atoms with van der Waals surface area (Å²) in [6.45, 7) is 3.75. The van der Waals surface area contributed by atoms with E-state index < -0.39 is 17.7 Å². The average Bonchev–Trinajstić information content (AvgIpc) is 3.05. The molecule has 4 rings (SSSR count). The SMILES string of the molecule is O=C1C(=O)N(CCN2CCOCC2)C(c2ccc(Cl)c(Cl)c2)C1=C(O)c1ccccc1. The molecule has 2 saturated heterocycles. The molecular formula is C23H22Cl2N2O4. The fourth-order valence-electron chi connectivity index (χ4n) is 3.97. The van der Waals surface area contributed by atoms with Crippen LogP contribution in [0.3, 0.4) is 0 Å². The Morgan fingerprint density at radius 3 is 2.39 bits per heavy atom. The first kappa shape index (κ1) is 21.8. The van der Waals surface area contributed by atoms with Crippen molar-refractivity contribution in [2.75, 3.05) is 39.4 Å². The summed E-state index contributed by atoms with van der Waals surface area (Å²) in [6.07, 6.45) is 0. The lowest BCUT2D eigenvalue weighted by atomic mass is 9.95. The zero-order chi connectivity index (χ0) is 22.0. The highest BCUT2D eigenvalue weighted by Gasteiger charge is 2.46. The highest BCUT2D eigenvalue weighted by molar-refractivity contribution is 6.46. The number of hydrogen-bond donors (Lipinski definition) is 1. The van der Waals surface area contributed by atoms with Gasteiger partial charge in [0.2, 0.25) is 0 Å². The standard InChI is InChI=1S/C23H22Cl2N2O4/c24-17-7-6-16(14-18(17)25)20-19(21(28)15-4-2-1-3-5-15)22(29)23(30)27(20)9-8-26-10-12-31-13-11-26/h1-7,14,20,28H,8-13H2. The minimum absolute atomic E-state index is 0.0524. The van der Waals surface area contributed by atoms with E-state index in [1.54, 1.807) is 42.5 Å². The number of aliphatic hydroxyl groups is 1. The fraction of sp³-hybridized carbons (Fsp3) is 0.304. The topological polar surface area (TPSA) is 70.1 Å². The summed E-state index contributed by atoms with van der Waals surface area (Å²) in [5.41, 5.74) is 1.14. The number of ether oxygens (including phenoxy) is 1. The van der Waals surface area contributed by atoms with Gasteiger partial charge in [0.05, 0.1) is 34.9 Å². The molecule has 0 aromatic heterocycles. The van der Waals surface area contributed by atoms with E-state index in [9.17, 15) is 14.7 Å². The first-order valence-electron chi connectivity index (χ1n) is 10.1. The van der Waals surface area contributed by atoms with Crippen LogP contribution in [0.5, 0.6) is 0 Å². The second kappa shape index (κ2) is 9.40. The molecule has 0 aliphatic carbocycles. The van der Waals surface area contributed by atoms with Crippen LogP contribution < -0.4 is 0 Å². The van der Waals surface area contributed by atoms with Gasteiger partial charge in [-0.1, -0.05) is 59.6 Å². The van der Waals surface area contributed by atoms with E-state index in [4.69, 9.17) is 27.9 Å². The first-order chi connectivity index (χ1) is 15.0. The van der Waals surface area contributed by atoms with Crippen molar-refractivity contribution in [1.29, 1.82) is 0 Å². The zero-order valence-corrected chi connectivity index (χ0v) is 18.3. The highest BCUT2D eigenvalue weighted by Crippen LogP contribution is 2.40. The number of Topliss-reactive ketones (excluding diaryl/α,β-unsaturated/α-hetero) is 1. The van der Waals surface area contributed by atoms with Crippen LogP contribution in [-0.2, 0) is 14.3 Å². The van der Waals surface area contributed by atoms with Crippen LogP contribution in [0, 0.1) is 0 Å². The Morgan fingerprint density at radius 2 is 1.71 bits per heavy atom. The molecule has 31 heavy (non-hydrogen) atoms. The van der Waals surface area contributed by atoms with Gasteiger partial charge in [0, 0.05) is 31.7 Å². The van der Waals surface area contributed by atoms with Crippen LogP contribution in [0.2, 0.25) is 10.0 Å². The van der Waals surface area contributed by atoms with E-state index in [-0.39, 0.29) is 11.3 Å². The van der Waals surface area contributed by atoms with Crippen molar-refractivity contribution in [3.63, 3.8) is 0 Å². The minimum Gasteiger partial charge on any atom is -0.507 e. The van der Waals surface area contributed by atoms with E-state index in [2.05, 4.69) is 4.90 Å². The molecule has 2 fully saturated rings. The van der Waals surface area contributed by atoms with Gasteiger partial charge in [0.15, 0.2) is 0 Å². The molecular weight excluding hydrogens is 439 g/mol. The van der Waals surface area contributed by atoms with Gasteiger partial charge in [-0.15, -0.1) is 0 Å². The van der Waals surface area contributed by atoms with Crippen LogP contribution in [0.15, 0.2) is 54.1 Å². The van der Waals surface area contributed by atoms with E-state index in [1.165, 1.54) is 4.90 Å². The summed E-state index contributed by atoms with van der Waals surface area (Å²) < 4.78 is 5.38. The fourth-order valence-corrected chi connectivity index (χ4v) is 4.27. The number of carbonyl (C=O) groups is 2. The van der Waals surface area contributed by atoms with Gasteiger partial charge in [-0.2, -0.15) is 0 Å². The van der Waals surface area contributed by atoms with Gasteiger partial charge in [-0.3, -0.25) is 14.5 Å². The zero-order valence-electron chi connectivity index (χ0n) is 16.8. The Labute approximate surface area is 190 Å². The molecule has 0 spiro atoms. The summed E-state index contributed by atoms with van der Waals surface area (Å²) in [5.74, 6) is -1.55. The molecule has 2 aromatic rings. The number of amides is 1. The molecule has 2 heterocycles. The van der Waals surface area contributed by atoms with Crippen molar-refractivity contribution in [3.05, 3.63) is 75.3 Å². The number of nitrogens with zero attached hydrogens (tertiary/aromatic N) is 2. The minimum atomic E-state index is -0.754. The molecule has 2 aliphatic heterocycles. The van der Waals surface area contributed by atoms with Crippen molar-refractivity contribution in [2.45, 2.75) is 6.04 Å². The Balaban J connectivity index is 1.75. The highest BCUT2D eigenvalue weighted by atomic mass is 35.5. The molecule has 2 aromatic carbocycles. The Hall–Kier alpha value is -2.38. The van der Waals surface area contributed by atoms with Crippen molar-refractivity contribution in [2.24, 2.45) is 0 Å². The third kappa shape index (κ3) is 4.48. The summed E-state index contributed by atoms with van der Waals surface area (Å²) >= 11 is 12.3. The second-order valence-electron chi connectivity index (χ2n) is 7.49. The molecule has 1 unspecified atom stereocenters. The van der Waals surface area contributed by atoms with Crippen molar-refractivity contribution in [3.8, 4) is 0 Å². The van der Waals surface area contributed by atoms with Crippen LogP contribution in [0.25, 0.3) is 5.76 Å². The lowest BCUT2D eigenvalue weighted by Gasteiger charge is -2.31. The lowest BCUT2D eigenvalue weighted by molar-refractivity contribution is -0.140. The molecule has 2 aliphatic rings. The Morgan fingerprint density at radius 1 is 1.00 bits per heavy atom. The van der Waals surface area contributed by atoms with Crippen LogP contribution >= 0.6 is 23.2 Å². The van der Waals surface area contributed by atoms with E-state index in [0.717, 1.165) is 13.1 Å². The third-order valence-corrected chi connectivity index (χ3v) is 6.35. The maximum Gasteiger partial charge on any atom is 0.295 e. The molecule has 1 atom stereocenters. The van der Waals surface area contributed by atoms with Gasteiger partial charge in [0.1, 0.15) is 5.76 Å². The normalized spacial score (nSPS) is 21.6. The largest absolute Gasteiger partial charge is 0.507 e. The van der Waals surface area contributed by atoms with E-state index in [1.807, 2.05) is 6.07 Å². The maximum atomic E-state index is 13.0. The summed E-state index contributed by atoms with van der Waals surface area (Å²) in [6, 6.07) is 13.0. The number of rotatable bonds is 5. The summed E-state index contributed by atoms with van der Waals surface area (Å²) in [4.78, 5) is 29.7. The number of carbonyl (C=O) groups excluding carboxylic acids is 2. The number of benzene rings is 2. The van der Waals surface area contributed by atoms with Crippen LogP contribution in [0.1, 0.15) is 17.2 Å². The monoisotopic (exact) mass is 460 g/mol. The quantitative estimate of drug-likeness (QED) is 0.418.